The summed E-state index contributed by atoms with van der Waals surface area (Å²) in [6, 6.07) is 3.83. The molecular formula is C11H10ClN3O3. The lowest BCUT2D eigenvalue weighted by molar-refractivity contribution is -0.120. The molecule has 1 fully saturated rings. The summed E-state index contributed by atoms with van der Waals surface area (Å²) >= 11 is 5.98. The van der Waals surface area contributed by atoms with Crippen molar-refractivity contribution < 1.29 is 14.4 Å². The quantitative estimate of drug-likeness (QED) is 0.833. The number of nitrogens with two attached hydrogens (primary N) is 1. The average Bonchev–Trinajstić information content (AvgIpc) is 2.30. The van der Waals surface area contributed by atoms with Gasteiger partial charge in [0.1, 0.15) is 0 Å². The average molecular weight is 268 g/mol. The highest BCUT2D eigenvalue weighted by Gasteiger charge is 2.26. The lowest BCUT2D eigenvalue weighted by Gasteiger charge is -2.27. The highest BCUT2D eigenvalue weighted by atomic mass is 35.5. The molecule has 2 rings (SSSR count). The van der Waals surface area contributed by atoms with Gasteiger partial charge in [-0.15, -0.1) is 0 Å². The minimum Gasteiger partial charge on any atom is -0.366 e. The third kappa shape index (κ3) is 2.28. The topological polar surface area (TPSA) is 92.5 Å². The predicted molar refractivity (Wildman–Crippen MR) is 65.5 cm³/mol. The van der Waals surface area contributed by atoms with Crippen LogP contribution in [0.3, 0.4) is 0 Å². The predicted octanol–water partition coefficient (Wildman–Crippen LogP) is 0.885. The van der Waals surface area contributed by atoms with Crippen molar-refractivity contribution in [2.24, 2.45) is 5.73 Å². The molecule has 1 aliphatic rings. The standard InChI is InChI=1S/C11H10ClN3O3/c12-7-2-1-6(10(13)17)5-8(7)15-4-3-9(16)14-11(15)18/h1-2,5H,3-4H2,(H2,13,17)(H,14,16,18). The van der Waals surface area contributed by atoms with Crippen LogP contribution in [0, 0.1) is 0 Å². The number of nitrogens with one attached hydrogen (secondary N) is 1. The zero-order valence-electron chi connectivity index (χ0n) is 9.27. The van der Waals surface area contributed by atoms with Crippen LogP contribution in [0.15, 0.2) is 18.2 Å². The van der Waals surface area contributed by atoms with Gasteiger partial charge in [0.05, 0.1) is 10.7 Å². The van der Waals surface area contributed by atoms with Gasteiger partial charge in [-0.2, -0.15) is 0 Å². The molecule has 1 aliphatic heterocycles. The summed E-state index contributed by atoms with van der Waals surface area (Å²) in [6.45, 7) is 0.215. The molecule has 18 heavy (non-hydrogen) atoms. The van der Waals surface area contributed by atoms with Crippen LogP contribution in [0.5, 0.6) is 0 Å². The molecule has 1 aromatic rings. The van der Waals surface area contributed by atoms with Crippen LogP contribution in [-0.2, 0) is 4.79 Å². The Kier molecular flexibility index (Phi) is 3.20. The third-order valence-electron chi connectivity index (χ3n) is 2.58. The Balaban J connectivity index is 2.38. The summed E-state index contributed by atoms with van der Waals surface area (Å²) < 4.78 is 0. The lowest BCUT2D eigenvalue weighted by atomic mass is 10.1. The van der Waals surface area contributed by atoms with Gasteiger partial charge in [0.15, 0.2) is 0 Å². The fraction of sp³-hybridized carbons (Fsp3) is 0.182. The first-order valence-corrected chi connectivity index (χ1v) is 5.57. The Morgan fingerprint density at radius 1 is 1.39 bits per heavy atom. The molecule has 3 N–H and O–H groups in total. The van der Waals surface area contributed by atoms with Crippen LogP contribution in [0.2, 0.25) is 5.02 Å². The van der Waals surface area contributed by atoms with Crippen molar-refractivity contribution in [2.45, 2.75) is 6.42 Å². The monoisotopic (exact) mass is 267 g/mol. The zero-order valence-corrected chi connectivity index (χ0v) is 10.0. The summed E-state index contributed by atoms with van der Waals surface area (Å²) in [7, 11) is 0. The molecule has 94 valence electrons. The fourth-order valence-corrected chi connectivity index (χ4v) is 1.89. The van der Waals surface area contributed by atoms with Crippen molar-refractivity contribution in [3.8, 4) is 0 Å². The second-order valence-electron chi connectivity index (χ2n) is 3.79. The van der Waals surface area contributed by atoms with Crippen LogP contribution in [0.1, 0.15) is 16.8 Å². The first kappa shape index (κ1) is 12.4. The van der Waals surface area contributed by atoms with Crippen molar-refractivity contribution in [1.82, 2.24) is 5.32 Å². The molecule has 0 saturated carbocycles. The molecule has 6 nitrogen and oxygen atoms in total. The maximum atomic E-state index is 11.7. The van der Waals surface area contributed by atoms with Crippen molar-refractivity contribution >= 4 is 35.1 Å². The molecule has 0 atom stereocenters. The van der Waals surface area contributed by atoms with Gasteiger partial charge in [-0.3, -0.25) is 19.8 Å². The molecule has 0 spiro atoms. The number of benzene rings is 1. The van der Waals surface area contributed by atoms with Gasteiger partial charge in [-0.05, 0) is 18.2 Å². The van der Waals surface area contributed by atoms with Gasteiger partial charge in [-0.25, -0.2) is 4.79 Å². The van der Waals surface area contributed by atoms with Gasteiger partial charge < -0.3 is 5.73 Å². The Morgan fingerprint density at radius 3 is 2.72 bits per heavy atom. The van der Waals surface area contributed by atoms with E-state index in [2.05, 4.69) is 5.32 Å². The largest absolute Gasteiger partial charge is 0.366 e. The van der Waals surface area contributed by atoms with Crippen molar-refractivity contribution in [2.75, 3.05) is 11.4 Å². The van der Waals surface area contributed by atoms with Crippen molar-refractivity contribution in [1.29, 1.82) is 0 Å². The van der Waals surface area contributed by atoms with Gasteiger partial charge >= 0.3 is 6.03 Å². The number of hydrogen-bond acceptors (Lipinski definition) is 3. The first-order chi connectivity index (χ1) is 8.49. The first-order valence-electron chi connectivity index (χ1n) is 5.20. The number of urea groups is 1. The van der Waals surface area contributed by atoms with Crippen LogP contribution >= 0.6 is 11.6 Å². The molecule has 1 saturated heterocycles. The second-order valence-corrected chi connectivity index (χ2v) is 4.19. The van der Waals surface area contributed by atoms with E-state index < -0.39 is 11.9 Å². The SMILES string of the molecule is NC(=O)c1ccc(Cl)c(N2CCC(=O)NC2=O)c1. The molecule has 7 heteroatoms. The van der Waals surface area contributed by atoms with Crippen molar-refractivity contribution in [3.63, 3.8) is 0 Å². The number of imide groups is 1. The van der Waals surface area contributed by atoms with E-state index in [-0.39, 0.29) is 24.4 Å². The number of rotatable bonds is 2. The summed E-state index contributed by atoms with van der Waals surface area (Å²) in [5, 5.41) is 2.49. The van der Waals surface area contributed by atoms with E-state index in [1.807, 2.05) is 0 Å². The molecule has 0 aromatic heterocycles. The number of primary amides is 1. The number of hydrogen-bond donors (Lipinski definition) is 2. The summed E-state index contributed by atoms with van der Waals surface area (Å²) in [5.74, 6) is -0.945. The number of carbonyl (C=O) groups excluding carboxylic acids is 3. The fourth-order valence-electron chi connectivity index (χ4n) is 1.67. The molecular weight excluding hydrogens is 258 g/mol. The molecule has 1 heterocycles. The maximum absolute atomic E-state index is 11.7. The van der Waals surface area contributed by atoms with E-state index in [1.165, 1.54) is 23.1 Å². The zero-order chi connectivity index (χ0) is 13.3. The van der Waals surface area contributed by atoms with E-state index in [9.17, 15) is 14.4 Å². The molecule has 0 radical (unpaired) electrons. The van der Waals surface area contributed by atoms with Crippen LogP contribution in [0.25, 0.3) is 0 Å². The Bertz CT molecular complexity index is 544. The molecule has 0 unspecified atom stereocenters. The van der Waals surface area contributed by atoms with Gasteiger partial charge in [0, 0.05) is 18.5 Å². The van der Waals surface area contributed by atoms with Crippen LogP contribution in [-0.4, -0.2) is 24.4 Å². The van der Waals surface area contributed by atoms with Crippen LogP contribution < -0.4 is 16.0 Å². The summed E-state index contributed by atoms with van der Waals surface area (Å²) in [4.78, 5) is 35.1. The minimum absolute atomic E-state index is 0.183. The number of carbonyl (C=O) groups is 3. The van der Waals surface area contributed by atoms with Crippen LogP contribution in [0.4, 0.5) is 10.5 Å². The highest BCUT2D eigenvalue weighted by Crippen LogP contribution is 2.28. The normalized spacial score (nSPS) is 15.5. The molecule has 4 amide bonds. The number of halogens is 1. The maximum Gasteiger partial charge on any atom is 0.328 e. The molecule has 1 aromatic carbocycles. The van der Waals surface area contributed by atoms with E-state index in [1.54, 1.807) is 0 Å². The van der Waals surface area contributed by atoms with E-state index in [4.69, 9.17) is 17.3 Å². The molecule has 0 bridgehead atoms. The minimum atomic E-state index is -0.610. The molecule has 0 aliphatic carbocycles. The summed E-state index contributed by atoms with van der Waals surface area (Å²) in [6.07, 6.45) is 0.183. The smallest absolute Gasteiger partial charge is 0.328 e. The third-order valence-corrected chi connectivity index (χ3v) is 2.90. The van der Waals surface area contributed by atoms with Gasteiger partial charge in [0.25, 0.3) is 0 Å². The van der Waals surface area contributed by atoms with E-state index in [0.717, 1.165) is 0 Å². The summed E-state index contributed by atoms with van der Waals surface area (Å²) in [5.41, 5.74) is 5.77. The van der Waals surface area contributed by atoms with Gasteiger partial charge in [0.2, 0.25) is 11.8 Å². The van der Waals surface area contributed by atoms with Crippen molar-refractivity contribution in [3.05, 3.63) is 28.8 Å². The number of amides is 4. The highest BCUT2D eigenvalue weighted by molar-refractivity contribution is 6.34. The van der Waals surface area contributed by atoms with Gasteiger partial charge in [-0.1, -0.05) is 11.6 Å². The Morgan fingerprint density at radius 2 is 2.11 bits per heavy atom. The second kappa shape index (κ2) is 4.66. The Labute approximate surface area is 108 Å². The Hall–Kier alpha value is -2.08. The number of anilines is 1. The lowest BCUT2D eigenvalue weighted by Crippen LogP contribution is -2.49. The van der Waals surface area contributed by atoms with E-state index in [0.29, 0.717) is 10.7 Å². The van der Waals surface area contributed by atoms with E-state index >= 15 is 0 Å². The number of nitrogens with zero attached hydrogens (tertiary/aromatic N) is 1.